The molecule has 29 heavy (non-hydrogen) atoms. The number of nitrogens with zero attached hydrogens (tertiary/aromatic N) is 2. The first-order chi connectivity index (χ1) is 14.1. The van der Waals surface area contributed by atoms with Crippen molar-refractivity contribution in [2.24, 2.45) is 0 Å². The predicted molar refractivity (Wildman–Crippen MR) is 115 cm³/mol. The summed E-state index contributed by atoms with van der Waals surface area (Å²) >= 11 is 11.8. The van der Waals surface area contributed by atoms with E-state index in [0.717, 1.165) is 11.1 Å². The van der Waals surface area contributed by atoms with Crippen LogP contribution in [0, 0.1) is 0 Å². The molecule has 4 aromatic rings. The van der Waals surface area contributed by atoms with Crippen LogP contribution in [0.25, 0.3) is 11.3 Å². The van der Waals surface area contributed by atoms with Gasteiger partial charge in [-0.05, 0) is 60.2 Å². The van der Waals surface area contributed by atoms with E-state index in [4.69, 9.17) is 27.9 Å². The molecule has 0 atom stereocenters. The zero-order valence-electron chi connectivity index (χ0n) is 15.3. The molecule has 1 aromatic heterocycles. The van der Waals surface area contributed by atoms with Gasteiger partial charge in [0.25, 0.3) is 5.91 Å². The van der Waals surface area contributed by atoms with Crippen molar-refractivity contribution in [2.75, 3.05) is 0 Å². The van der Waals surface area contributed by atoms with E-state index in [9.17, 15) is 4.79 Å². The minimum absolute atomic E-state index is 0.229. The highest BCUT2D eigenvalue weighted by Crippen LogP contribution is 2.29. The smallest absolute Gasteiger partial charge is 0.278 e. The molecule has 0 amide bonds. The van der Waals surface area contributed by atoms with Crippen molar-refractivity contribution in [1.82, 2.24) is 9.78 Å². The molecule has 0 fully saturated rings. The van der Waals surface area contributed by atoms with Gasteiger partial charge < -0.3 is 4.74 Å². The number of carbonyl (C=O) groups excluding carboxylic acids is 1. The van der Waals surface area contributed by atoms with Crippen LogP contribution < -0.4 is 4.74 Å². The summed E-state index contributed by atoms with van der Waals surface area (Å²) in [4.78, 5) is 12.6. The zero-order chi connectivity index (χ0) is 20.2. The Bertz CT molecular complexity index is 1140. The summed E-state index contributed by atoms with van der Waals surface area (Å²) in [6, 6.07) is 23.6. The molecule has 1 heterocycles. The van der Waals surface area contributed by atoms with E-state index in [1.54, 1.807) is 36.5 Å². The Morgan fingerprint density at radius 2 is 1.52 bits per heavy atom. The fourth-order valence-corrected chi connectivity index (χ4v) is 3.10. The Morgan fingerprint density at radius 3 is 2.24 bits per heavy atom. The average molecular weight is 423 g/mol. The summed E-state index contributed by atoms with van der Waals surface area (Å²) in [6.07, 6.45) is 1.64. The highest BCUT2D eigenvalue weighted by molar-refractivity contribution is 6.30. The molecule has 0 radical (unpaired) electrons. The number of rotatable bonds is 5. The molecule has 4 nitrogen and oxygen atoms in total. The van der Waals surface area contributed by atoms with Crippen molar-refractivity contribution in [3.8, 4) is 17.0 Å². The molecule has 0 bridgehead atoms. The van der Waals surface area contributed by atoms with E-state index in [2.05, 4.69) is 5.10 Å². The van der Waals surface area contributed by atoms with Gasteiger partial charge in [0.05, 0.1) is 5.69 Å². The van der Waals surface area contributed by atoms with E-state index in [-0.39, 0.29) is 5.91 Å². The summed E-state index contributed by atoms with van der Waals surface area (Å²) in [5, 5.41) is 5.71. The molecule has 0 unspecified atom stereocenters. The molecule has 0 saturated carbocycles. The van der Waals surface area contributed by atoms with Gasteiger partial charge in [0.1, 0.15) is 12.4 Å². The number of ether oxygens (including phenoxy) is 1. The molecule has 3 aromatic carbocycles. The van der Waals surface area contributed by atoms with E-state index in [1.807, 2.05) is 48.5 Å². The molecule has 0 spiro atoms. The van der Waals surface area contributed by atoms with Gasteiger partial charge in [0.2, 0.25) is 0 Å². The lowest BCUT2D eigenvalue weighted by molar-refractivity contribution is 0.0945. The van der Waals surface area contributed by atoms with Gasteiger partial charge in [0.15, 0.2) is 0 Å². The molecular weight excluding hydrogens is 407 g/mol. The molecular formula is C23H16Cl2N2O2. The highest BCUT2D eigenvalue weighted by Gasteiger charge is 2.14. The van der Waals surface area contributed by atoms with E-state index in [1.165, 1.54) is 4.68 Å². The second-order valence-corrected chi connectivity index (χ2v) is 7.24. The Hall–Kier alpha value is -3.08. The van der Waals surface area contributed by atoms with E-state index >= 15 is 0 Å². The maximum Gasteiger partial charge on any atom is 0.278 e. The Balaban J connectivity index is 1.55. The highest BCUT2D eigenvalue weighted by atomic mass is 35.5. The Labute approximate surface area is 178 Å². The second-order valence-electron chi connectivity index (χ2n) is 6.37. The fourth-order valence-electron chi connectivity index (χ4n) is 2.85. The molecule has 0 aliphatic heterocycles. The number of carbonyl (C=O) groups is 1. The minimum atomic E-state index is -0.229. The largest absolute Gasteiger partial charge is 0.488 e. The first-order valence-corrected chi connectivity index (χ1v) is 9.68. The van der Waals surface area contributed by atoms with Crippen LogP contribution in [0.1, 0.15) is 15.9 Å². The van der Waals surface area contributed by atoms with Crippen LogP contribution >= 0.6 is 23.2 Å². The Morgan fingerprint density at radius 1 is 0.862 bits per heavy atom. The molecule has 0 aliphatic rings. The van der Waals surface area contributed by atoms with Crippen molar-refractivity contribution in [1.29, 1.82) is 0 Å². The number of hydrogen-bond acceptors (Lipinski definition) is 3. The van der Waals surface area contributed by atoms with Gasteiger partial charge in [-0.15, -0.1) is 0 Å². The third-order valence-corrected chi connectivity index (χ3v) is 4.86. The summed E-state index contributed by atoms with van der Waals surface area (Å²) in [6.45, 7) is 0.401. The van der Waals surface area contributed by atoms with Crippen molar-refractivity contribution in [3.05, 3.63) is 106 Å². The lowest BCUT2D eigenvalue weighted by Crippen LogP contribution is -2.12. The molecule has 144 valence electrons. The first-order valence-electron chi connectivity index (χ1n) is 8.93. The lowest BCUT2D eigenvalue weighted by atomic mass is 10.1. The third-order valence-electron chi connectivity index (χ3n) is 4.36. The number of hydrogen-bond donors (Lipinski definition) is 0. The van der Waals surface area contributed by atoms with Crippen molar-refractivity contribution >= 4 is 29.1 Å². The monoisotopic (exact) mass is 422 g/mol. The molecule has 6 heteroatoms. The fraction of sp³-hybridized carbons (Fsp3) is 0.0435. The maximum atomic E-state index is 12.6. The van der Waals surface area contributed by atoms with Crippen LogP contribution in [-0.2, 0) is 6.61 Å². The lowest BCUT2D eigenvalue weighted by Gasteiger charge is -2.10. The summed E-state index contributed by atoms with van der Waals surface area (Å²) in [5.41, 5.74) is 2.98. The van der Waals surface area contributed by atoms with Gasteiger partial charge in [-0.1, -0.05) is 47.5 Å². The molecule has 0 saturated heterocycles. The zero-order valence-corrected chi connectivity index (χ0v) is 16.8. The van der Waals surface area contributed by atoms with Crippen molar-refractivity contribution in [3.63, 3.8) is 0 Å². The van der Waals surface area contributed by atoms with Crippen LogP contribution in [0.3, 0.4) is 0 Å². The van der Waals surface area contributed by atoms with Gasteiger partial charge in [-0.3, -0.25) is 4.79 Å². The number of para-hydroxylation sites is 1. The van der Waals surface area contributed by atoms with Gasteiger partial charge >= 0.3 is 0 Å². The Kier molecular flexibility index (Phi) is 5.65. The SMILES string of the molecule is O=C(c1ccc(Cl)cc1)n1ccc(-c2ccccc2OCc2ccc(Cl)cc2)n1. The summed E-state index contributed by atoms with van der Waals surface area (Å²) in [7, 11) is 0. The number of aromatic nitrogens is 2. The average Bonchev–Trinajstić information content (AvgIpc) is 3.24. The molecule has 4 rings (SSSR count). The third kappa shape index (κ3) is 4.50. The maximum absolute atomic E-state index is 12.6. The van der Waals surface area contributed by atoms with Gasteiger partial charge in [0, 0.05) is 27.4 Å². The normalized spacial score (nSPS) is 10.7. The van der Waals surface area contributed by atoms with Crippen LogP contribution in [0.4, 0.5) is 0 Å². The van der Waals surface area contributed by atoms with E-state index < -0.39 is 0 Å². The van der Waals surface area contributed by atoms with Gasteiger partial charge in [-0.2, -0.15) is 5.10 Å². The first kappa shape index (κ1) is 19.2. The number of benzene rings is 3. The van der Waals surface area contributed by atoms with Crippen molar-refractivity contribution < 1.29 is 9.53 Å². The predicted octanol–water partition coefficient (Wildman–Crippen LogP) is 6.12. The molecule has 0 N–H and O–H groups in total. The quantitative estimate of drug-likeness (QED) is 0.388. The second kappa shape index (κ2) is 8.52. The van der Waals surface area contributed by atoms with E-state index in [0.29, 0.717) is 33.7 Å². The van der Waals surface area contributed by atoms with Crippen LogP contribution in [0.5, 0.6) is 5.75 Å². The standard InChI is InChI=1S/C23H16Cl2N2O2/c24-18-9-5-16(6-10-18)15-29-22-4-2-1-3-20(22)21-13-14-27(26-21)23(28)17-7-11-19(25)12-8-17/h1-14H,15H2. The number of halogens is 2. The topological polar surface area (TPSA) is 44.1 Å². The van der Waals surface area contributed by atoms with Crippen molar-refractivity contribution in [2.45, 2.75) is 6.61 Å². The van der Waals surface area contributed by atoms with Crippen LogP contribution in [0.15, 0.2) is 85.1 Å². The van der Waals surface area contributed by atoms with Gasteiger partial charge in [-0.25, -0.2) is 4.68 Å². The van der Waals surface area contributed by atoms with Crippen LogP contribution in [0.2, 0.25) is 10.0 Å². The van der Waals surface area contributed by atoms with Crippen LogP contribution in [-0.4, -0.2) is 15.7 Å². The summed E-state index contributed by atoms with van der Waals surface area (Å²) < 4.78 is 7.31. The molecule has 0 aliphatic carbocycles. The summed E-state index contributed by atoms with van der Waals surface area (Å²) in [5.74, 6) is 0.458. The minimum Gasteiger partial charge on any atom is -0.488 e.